The highest BCUT2D eigenvalue weighted by Crippen LogP contribution is 2.56. The average molecular weight is 510 g/mol. The van der Waals surface area contributed by atoms with Crippen LogP contribution in [0.3, 0.4) is 0 Å². The molecule has 0 fully saturated rings. The second-order valence-corrected chi connectivity index (χ2v) is 12.6. The topological polar surface area (TPSA) is 0 Å². The summed E-state index contributed by atoms with van der Waals surface area (Å²) in [4.78, 5) is 0. The van der Waals surface area contributed by atoms with Crippen LogP contribution in [0.1, 0.15) is 74.9 Å². The molecule has 172 valence electrons. The van der Waals surface area contributed by atoms with Gasteiger partial charge in [0.1, 0.15) is 0 Å². The second-order valence-electron chi connectivity index (χ2n) is 11.6. The zero-order valence-corrected chi connectivity index (χ0v) is 22.6. The van der Waals surface area contributed by atoms with E-state index in [1.54, 1.807) is 0 Å². The zero-order chi connectivity index (χ0) is 24.3. The fraction of sp³-hybridized carbons (Fsp3) is 0.273. The highest BCUT2D eigenvalue weighted by molar-refractivity contribution is 9.10. The number of rotatable bonds is 2. The monoisotopic (exact) mass is 508 g/mol. The lowest BCUT2D eigenvalue weighted by atomic mass is 9.67. The summed E-state index contributed by atoms with van der Waals surface area (Å²) in [7, 11) is 0. The molecule has 0 spiro atoms. The molecule has 34 heavy (non-hydrogen) atoms. The highest BCUT2D eigenvalue weighted by atomic mass is 79.9. The number of hydrogen-bond acceptors (Lipinski definition) is 0. The van der Waals surface area contributed by atoms with Crippen LogP contribution in [0.2, 0.25) is 0 Å². The first-order chi connectivity index (χ1) is 16.0. The van der Waals surface area contributed by atoms with E-state index in [9.17, 15) is 0 Å². The van der Waals surface area contributed by atoms with Crippen LogP contribution >= 0.6 is 15.9 Å². The molecule has 0 saturated carbocycles. The number of fused-ring (bicyclic) bond motifs is 3. The minimum Gasteiger partial charge on any atom is -0.0619 e. The lowest BCUT2D eigenvalue weighted by Gasteiger charge is -2.35. The third-order valence-corrected chi connectivity index (χ3v) is 7.87. The summed E-state index contributed by atoms with van der Waals surface area (Å²) in [5.41, 5.74) is 10.6. The van der Waals surface area contributed by atoms with Crippen LogP contribution in [-0.2, 0) is 16.2 Å². The summed E-state index contributed by atoms with van der Waals surface area (Å²) in [5.74, 6) is 0. The van der Waals surface area contributed by atoms with Gasteiger partial charge in [0.05, 0.1) is 5.41 Å². The Labute approximate surface area is 213 Å². The van der Waals surface area contributed by atoms with E-state index in [2.05, 4.69) is 148 Å². The van der Waals surface area contributed by atoms with Crippen molar-refractivity contribution in [1.29, 1.82) is 0 Å². The molecule has 0 N–H and O–H groups in total. The molecular weight excluding hydrogens is 476 g/mol. The Kier molecular flexibility index (Phi) is 5.41. The van der Waals surface area contributed by atoms with Gasteiger partial charge in [-0.15, -0.1) is 0 Å². The Morgan fingerprint density at radius 1 is 0.529 bits per heavy atom. The van der Waals surface area contributed by atoms with E-state index < -0.39 is 0 Å². The van der Waals surface area contributed by atoms with Gasteiger partial charge in [0.2, 0.25) is 0 Å². The van der Waals surface area contributed by atoms with E-state index in [4.69, 9.17) is 0 Å². The summed E-state index contributed by atoms with van der Waals surface area (Å²) < 4.78 is 1.11. The van der Waals surface area contributed by atoms with Gasteiger partial charge in [-0.3, -0.25) is 0 Å². The van der Waals surface area contributed by atoms with Gasteiger partial charge in [0, 0.05) is 4.47 Å². The third-order valence-electron chi connectivity index (χ3n) is 7.37. The van der Waals surface area contributed by atoms with Crippen molar-refractivity contribution in [1.82, 2.24) is 0 Å². The molecule has 1 aliphatic rings. The van der Waals surface area contributed by atoms with Gasteiger partial charge in [0.25, 0.3) is 0 Å². The van der Waals surface area contributed by atoms with Gasteiger partial charge in [-0.2, -0.15) is 0 Å². The number of benzene rings is 4. The smallest absolute Gasteiger partial charge is 0.0619 e. The molecule has 5 rings (SSSR count). The molecule has 1 heteroatoms. The predicted molar refractivity (Wildman–Crippen MR) is 149 cm³/mol. The molecule has 0 amide bonds. The van der Waals surface area contributed by atoms with Crippen LogP contribution in [0.25, 0.3) is 11.1 Å². The Morgan fingerprint density at radius 3 is 1.50 bits per heavy atom. The normalized spacial score (nSPS) is 14.6. The summed E-state index contributed by atoms with van der Waals surface area (Å²) in [6.07, 6.45) is 0. The molecule has 0 saturated heterocycles. The van der Waals surface area contributed by atoms with E-state index in [1.807, 2.05) is 0 Å². The molecule has 4 aromatic carbocycles. The Balaban J connectivity index is 1.85. The average Bonchev–Trinajstić information content (AvgIpc) is 3.08. The number of halogens is 1. The Morgan fingerprint density at radius 2 is 1.00 bits per heavy atom. The quantitative estimate of drug-likeness (QED) is 0.222. The van der Waals surface area contributed by atoms with Crippen molar-refractivity contribution in [2.45, 2.75) is 57.8 Å². The van der Waals surface area contributed by atoms with E-state index in [0.717, 1.165) is 4.47 Å². The minimum atomic E-state index is -0.359. The van der Waals surface area contributed by atoms with Crippen LogP contribution in [0.4, 0.5) is 0 Å². The molecule has 1 aliphatic carbocycles. The van der Waals surface area contributed by atoms with Crippen molar-refractivity contribution in [2.24, 2.45) is 0 Å². The minimum absolute atomic E-state index is 0.120. The van der Waals surface area contributed by atoms with Crippen molar-refractivity contribution in [3.63, 3.8) is 0 Å². The summed E-state index contributed by atoms with van der Waals surface area (Å²) in [6, 6.07) is 34.4. The number of hydrogen-bond donors (Lipinski definition) is 0. The molecule has 0 atom stereocenters. The fourth-order valence-corrected chi connectivity index (χ4v) is 5.84. The van der Waals surface area contributed by atoms with Crippen LogP contribution in [-0.4, -0.2) is 0 Å². The van der Waals surface area contributed by atoms with Gasteiger partial charge in [0.15, 0.2) is 0 Å². The molecule has 0 nitrogen and oxygen atoms in total. The first-order valence-electron chi connectivity index (χ1n) is 12.1. The lowest BCUT2D eigenvalue weighted by Crippen LogP contribution is -2.29. The molecule has 0 aromatic heterocycles. The van der Waals surface area contributed by atoms with E-state index in [1.165, 1.54) is 44.5 Å². The molecule has 0 bridgehead atoms. The standard InChI is InChI=1S/C33H33Br/c1-31(2,3)22-11-15-24(16-12-22)33(25-17-13-23(14-18-25)32(4,5)6)29-10-8-7-9-27(29)28-20-19-26(34)21-30(28)33/h7-21H,1-6H3. The summed E-state index contributed by atoms with van der Waals surface area (Å²) >= 11 is 3.78. The summed E-state index contributed by atoms with van der Waals surface area (Å²) in [5, 5.41) is 0. The maximum atomic E-state index is 3.78. The van der Waals surface area contributed by atoms with Crippen molar-refractivity contribution >= 4 is 15.9 Å². The van der Waals surface area contributed by atoms with Crippen molar-refractivity contribution < 1.29 is 0 Å². The van der Waals surface area contributed by atoms with Gasteiger partial charge in [-0.1, -0.05) is 136 Å². The predicted octanol–water partition coefficient (Wildman–Crippen LogP) is 9.41. The van der Waals surface area contributed by atoms with Crippen LogP contribution in [0.15, 0.2) is 95.5 Å². The van der Waals surface area contributed by atoms with E-state index in [0.29, 0.717) is 0 Å². The van der Waals surface area contributed by atoms with E-state index >= 15 is 0 Å². The molecule has 4 aromatic rings. The SMILES string of the molecule is CC(C)(C)c1ccc(C2(c3ccc(C(C)(C)C)cc3)c3ccccc3-c3ccc(Br)cc32)cc1. The third kappa shape index (κ3) is 3.57. The van der Waals surface area contributed by atoms with Crippen LogP contribution in [0.5, 0.6) is 0 Å². The van der Waals surface area contributed by atoms with Crippen molar-refractivity contribution in [3.05, 3.63) is 129 Å². The molecule has 0 unspecified atom stereocenters. The highest BCUT2D eigenvalue weighted by Gasteiger charge is 2.46. The maximum Gasteiger partial charge on any atom is 0.0713 e. The Hall–Kier alpha value is -2.64. The van der Waals surface area contributed by atoms with Gasteiger partial charge >= 0.3 is 0 Å². The van der Waals surface area contributed by atoms with E-state index in [-0.39, 0.29) is 16.2 Å². The van der Waals surface area contributed by atoms with Gasteiger partial charge in [-0.05, 0) is 67.5 Å². The second kappa shape index (κ2) is 7.95. The molecule has 0 heterocycles. The van der Waals surface area contributed by atoms with Gasteiger partial charge in [-0.25, -0.2) is 0 Å². The summed E-state index contributed by atoms with van der Waals surface area (Å²) in [6.45, 7) is 13.7. The first kappa shape index (κ1) is 23.1. The van der Waals surface area contributed by atoms with Gasteiger partial charge < -0.3 is 0 Å². The zero-order valence-electron chi connectivity index (χ0n) is 21.0. The fourth-order valence-electron chi connectivity index (χ4n) is 5.48. The largest absolute Gasteiger partial charge is 0.0713 e. The molecule has 0 radical (unpaired) electrons. The van der Waals surface area contributed by atoms with Crippen molar-refractivity contribution in [3.8, 4) is 11.1 Å². The van der Waals surface area contributed by atoms with Crippen molar-refractivity contribution in [2.75, 3.05) is 0 Å². The lowest BCUT2D eigenvalue weighted by molar-refractivity contribution is 0.588. The Bertz CT molecular complexity index is 1290. The van der Waals surface area contributed by atoms with Crippen LogP contribution in [0, 0.1) is 0 Å². The molecule has 0 aliphatic heterocycles. The first-order valence-corrected chi connectivity index (χ1v) is 12.9. The molecular formula is C33H33Br. The van der Waals surface area contributed by atoms with Crippen LogP contribution < -0.4 is 0 Å². The maximum absolute atomic E-state index is 3.78.